The highest BCUT2D eigenvalue weighted by atomic mass is 32.2. The Bertz CT molecular complexity index is 413. The van der Waals surface area contributed by atoms with E-state index in [1.165, 1.54) is 37.7 Å². The third kappa shape index (κ3) is 3.14. The van der Waals surface area contributed by atoms with Gasteiger partial charge in [0.05, 0.1) is 0 Å². The average Bonchev–Trinajstić information content (AvgIpc) is 2.82. The molecular weight excluding hydrogens is 257 g/mol. The monoisotopic (exact) mass is 279 g/mol. The van der Waals surface area contributed by atoms with Gasteiger partial charge in [-0.2, -0.15) is 11.8 Å². The van der Waals surface area contributed by atoms with Gasteiger partial charge in [0.2, 0.25) is 0 Å². The smallest absolute Gasteiger partial charge is 0.123 e. The second-order valence-electron chi connectivity index (χ2n) is 5.95. The Hall–Kier alpha value is -0.540. The summed E-state index contributed by atoms with van der Waals surface area (Å²) in [6.07, 6.45) is 8.69. The van der Waals surface area contributed by atoms with Gasteiger partial charge in [-0.3, -0.25) is 0 Å². The molecule has 3 heteroatoms. The highest BCUT2D eigenvalue weighted by Crippen LogP contribution is 2.38. The summed E-state index contributed by atoms with van der Waals surface area (Å²) in [7, 11) is 0. The topological polar surface area (TPSA) is 12.0 Å². The Balaban J connectivity index is 1.44. The van der Waals surface area contributed by atoms with Crippen molar-refractivity contribution in [3.63, 3.8) is 0 Å². The number of hydrogen-bond donors (Lipinski definition) is 1. The van der Waals surface area contributed by atoms with Crippen LogP contribution < -0.4 is 5.32 Å². The first-order chi connectivity index (χ1) is 9.24. The van der Waals surface area contributed by atoms with Gasteiger partial charge in [-0.1, -0.05) is 12.1 Å². The van der Waals surface area contributed by atoms with Crippen molar-refractivity contribution in [1.82, 2.24) is 5.32 Å². The lowest BCUT2D eigenvalue weighted by atomic mass is 9.75. The van der Waals surface area contributed by atoms with Gasteiger partial charge in [-0.25, -0.2) is 4.39 Å². The molecule has 2 aliphatic carbocycles. The number of thioether (sulfide) groups is 1. The molecule has 0 spiro atoms. The van der Waals surface area contributed by atoms with Crippen molar-refractivity contribution in [2.75, 3.05) is 6.26 Å². The Morgan fingerprint density at radius 3 is 2.42 bits per heavy atom. The standard InChI is InChI=1S/C16H22FNS/c1-19-16-7-6-14(10-16)18-15-8-12(9-15)11-2-4-13(17)5-3-11/h2-5,12,14-16,18H,6-10H2,1H3. The molecule has 0 radical (unpaired) electrons. The molecule has 3 rings (SSSR count). The highest BCUT2D eigenvalue weighted by Gasteiger charge is 2.33. The predicted octanol–water partition coefficient (Wildman–Crippen LogP) is 3.95. The van der Waals surface area contributed by atoms with Crippen LogP contribution in [0.15, 0.2) is 24.3 Å². The molecule has 2 aliphatic rings. The summed E-state index contributed by atoms with van der Waals surface area (Å²) in [6, 6.07) is 8.45. The maximum absolute atomic E-state index is 12.9. The average molecular weight is 279 g/mol. The van der Waals surface area contributed by atoms with Gasteiger partial charge < -0.3 is 5.32 Å². The van der Waals surface area contributed by atoms with Crippen LogP contribution in [0.1, 0.15) is 43.6 Å². The molecule has 0 aromatic heterocycles. The van der Waals surface area contributed by atoms with Gasteiger partial charge in [0.1, 0.15) is 5.82 Å². The zero-order valence-corrected chi connectivity index (χ0v) is 12.3. The molecule has 19 heavy (non-hydrogen) atoms. The molecular formula is C16H22FNS. The first-order valence-electron chi connectivity index (χ1n) is 7.29. The van der Waals surface area contributed by atoms with E-state index in [1.54, 1.807) is 12.1 Å². The van der Waals surface area contributed by atoms with Gasteiger partial charge in [-0.05, 0) is 62.0 Å². The first kappa shape index (κ1) is 13.4. The Morgan fingerprint density at radius 2 is 1.79 bits per heavy atom. The van der Waals surface area contributed by atoms with E-state index < -0.39 is 0 Å². The summed E-state index contributed by atoms with van der Waals surface area (Å²) >= 11 is 2.01. The van der Waals surface area contributed by atoms with Crippen LogP contribution in [0.2, 0.25) is 0 Å². The number of nitrogens with one attached hydrogen (secondary N) is 1. The molecule has 1 nitrogen and oxygen atoms in total. The third-order valence-electron chi connectivity index (χ3n) is 4.67. The van der Waals surface area contributed by atoms with Crippen LogP contribution in [0.25, 0.3) is 0 Å². The van der Waals surface area contributed by atoms with Gasteiger partial charge >= 0.3 is 0 Å². The summed E-state index contributed by atoms with van der Waals surface area (Å²) < 4.78 is 12.9. The number of hydrogen-bond acceptors (Lipinski definition) is 2. The molecule has 2 atom stereocenters. The fraction of sp³-hybridized carbons (Fsp3) is 0.625. The molecule has 0 aliphatic heterocycles. The van der Waals surface area contributed by atoms with Crippen LogP contribution in [-0.2, 0) is 0 Å². The maximum Gasteiger partial charge on any atom is 0.123 e. The molecule has 1 aromatic carbocycles. The zero-order valence-electron chi connectivity index (χ0n) is 11.4. The van der Waals surface area contributed by atoms with Crippen LogP contribution >= 0.6 is 11.8 Å². The maximum atomic E-state index is 12.9. The van der Waals surface area contributed by atoms with Crippen LogP contribution in [0.3, 0.4) is 0 Å². The van der Waals surface area contributed by atoms with Crippen LogP contribution in [-0.4, -0.2) is 23.6 Å². The minimum absolute atomic E-state index is 0.133. The van der Waals surface area contributed by atoms with E-state index >= 15 is 0 Å². The minimum atomic E-state index is -0.133. The summed E-state index contributed by atoms with van der Waals surface area (Å²) in [5, 5.41) is 4.67. The minimum Gasteiger partial charge on any atom is -0.311 e. The molecule has 1 aromatic rings. The molecule has 0 saturated heterocycles. The largest absolute Gasteiger partial charge is 0.311 e. The molecule has 0 bridgehead atoms. The predicted molar refractivity (Wildman–Crippen MR) is 80.2 cm³/mol. The number of rotatable bonds is 4. The van der Waals surface area contributed by atoms with Crippen LogP contribution in [0, 0.1) is 5.82 Å². The molecule has 2 saturated carbocycles. The Kier molecular flexibility index (Phi) is 4.13. The zero-order chi connectivity index (χ0) is 13.2. The van der Waals surface area contributed by atoms with Gasteiger partial charge in [0.25, 0.3) is 0 Å². The Morgan fingerprint density at radius 1 is 1.05 bits per heavy atom. The van der Waals surface area contributed by atoms with Gasteiger partial charge in [-0.15, -0.1) is 0 Å². The van der Waals surface area contributed by atoms with E-state index in [1.807, 2.05) is 23.9 Å². The normalized spacial score (nSPS) is 34.2. The van der Waals surface area contributed by atoms with Gasteiger partial charge in [0.15, 0.2) is 0 Å². The van der Waals surface area contributed by atoms with Crippen LogP contribution in [0.4, 0.5) is 4.39 Å². The summed E-state index contributed by atoms with van der Waals surface area (Å²) in [5.74, 6) is 0.502. The lowest BCUT2D eigenvalue weighted by Gasteiger charge is -2.38. The van der Waals surface area contributed by atoms with E-state index in [4.69, 9.17) is 0 Å². The van der Waals surface area contributed by atoms with Crippen molar-refractivity contribution in [2.24, 2.45) is 0 Å². The highest BCUT2D eigenvalue weighted by molar-refractivity contribution is 7.99. The second-order valence-corrected chi connectivity index (χ2v) is 7.09. The first-order valence-corrected chi connectivity index (χ1v) is 8.57. The fourth-order valence-corrected chi connectivity index (χ4v) is 4.20. The molecule has 2 fully saturated rings. The third-order valence-corrected chi connectivity index (χ3v) is 5.76. The van der Waals surface area contributed by atoms with Gasteiger partial charge in [0, 0.05) is 17.3 Å². The molecule has 2 unspecified atom stereocenters. The second kappa shape index (κ2) is 5.84. The van der Waals surface area contributed by atoms with E-state index in [9.17, 15) is 4.39 Å². The van der Waals surface area contributed by atoms with Crippen molar-refractivity contribution < 1.29 is 4.39 Å². The van der Waals surface area contributed by atoms with Crippen molar-refractivity contribution in [3.8, 4) is 0 Å². The van der Waals surface area contributed by atoms with E-state index in [-0.39, 0.29) is 5.82 Å². The van der Waals surface area contributed by atoms with E-state index in [0.717, 1.165) is 11.3 Å². The SMILES string of the molecule is CSC1CCC(NC2CC(c3ccc(F)cc3)C2)C1. The van der Waals surface area contributed by atoms with E-state index in [0.29, 0.717) is 12.0 Å². The molecule has 104 valence electrons. The van der Waals surface area contributed by atoms with E-state index in [2.05, 4.69) is 11.6 Å². The molecule has 0 amide bonds. The number of halogens is 1. The molecule has 1 N–H and O–H groups in total. The van der Waals surface area contributed by atoms with Crippen molar-refractivity contribution >= 4 is 11.8 Å². The lowest BCUT2D eigenvalue weighted by Crippen LogP contribution is -2.44. The van der Waals surface area contributed by atoms with Crippen molar-refractivity contribution in [3.05, 3.63) is 35.6 Å². The van der Waals surface area contributed by atoms with Crippen molar-refractivity contribution in [2.45, 2.75) is 55.4 Å². The number of benzene rings is 1. The fourth-order valence-electron chi connectivity index (χ4n) is 3.40. The Labute approximate surface area is 119 Å². The summed E-state index contributed by atoms with van der Waals surface area (Å²) in [5.41, 5.74) is 1.30. The van der Waals surface area contributed by atoms with Crippen molar-refractivity contribution in [1.29, 1.82) is 0 Å². The quantitative estimate of drug-likeness (QED) is 0.896. The molecule has 0 heterocycles. The lowest BCUT2D eigenvalue weighted by molar-refractivity contribution is 0.265. The summed E-state index contributed by atoms with van der Waals surface area (Å²) in [6.45, 7) is 0. The van der Waals surface area contributed by atoms with Crippen LogP contribution in [0.5, 0.6) is 0 Å². The summed E-state index contributed by atoms with van der Waals surface area (Å²) in [4.78, 5) is 0.